The summed E-state index contributed by atoms with van der Waals surface area (Å²) >= 11 is 0. The van der Waals surface area contributed by atoms with E-state index in [1.54, 1.807) is 42.5 Å². The van der Waals surface area contributed by atoms with Crippen molar-refractivity contribution in [3.8, 4) is 17.5 Å². The molecule has 7 nitrogen and oxygen atoms in total. The standard InChI is InChI=1S/C26H25N3O4/c1-5-33-24-8-6-7-22(15-24)28-25(30)21(16-27)14-20-13-17(2)29(18(20)3)23-11-9-19(10-12-23)26(31)32-4/h6-15H,5H2,1-4H3,(H,28,30)/b21-14-. The Morgan fingerprint density at radius 3 is 2.48 bits per heavy atom. The van der Waals surface area contributed by atoms with Crippen molar-refractivity contribution in [2.45, 2.75) is 20.8 Å². The number of ether oxygens (including phenoxy) is 2. The normalized spacial score (nSPS) is 10.9. The average molecular weight is 444 g/mol. The van der Waals surface area contributed by atoms with E-state index in [4.69, 9.17) is 9.47 Å². The maximum Gasteiger partial charge on any atom is 0.337 e. The molecule has 1 heterocycles. The minimum absolute atomic E-state index is 0.0156. The molecule has 0 aliphatic rings. The van der Waals surface area contributed by atoms with E-state index >= 15 is 0 Å². The molecule has 0 unspecified atom stereocenters. The van der Waals surface area contributed by atoms with Crippen molar-refractivity contribution in [2.75, 3.05) is 19.0 Å². The van der Waals surface area contributed by atoms with Crippen LogP contribution < -0.4 is 10.1 Å². The van der Waals surface area contributed by atoms with Crippen molar-refractivity contribution in [3.05, 3.63) is 82.7 Å². The molecule has 168 valence electrons. The number of aryl methyl sites for hydroxylation is 1. The Balaban J connectivity index is 1.87. The van der Waals surface area contributed by atoms with Gasteiger partial charge in [-0.1, -0.05) is 6.07 Å². The van der Waals surface area contributed by atoms with Crippen LogP contribution in [0.15, 0.2) is 60.2 Å². The number of hydrogen-bond donors (Lipinski definition) is 1. The van der Waals surface area contributed by atoms with Crippen molar-refractivity contribution < 1.29 is 19.1 Å². The van der Waals surface area contributed by atoms with Gasteiger partial charge in [-0.3, -0.25) is 4.79 Å². The van der Waals surface area contributed by atoms with E-state index in [1.165, 1.54) is 7.11 Å². The van der Waals surface area contributed by atoms with Crippen LogP contribution in [0.3, 0.4) is 0 Å². The zero-order chi connectivity index (χ0) is 24.0. The van der Waals surface area contributed by atoms with E-state index in [0.29, 0.717) is 23.6 Å². The fraction of sp³-hybridized carbons (Fsp3) is 0.192. The van der Waals surface area contributed by atoms with Gasteiger partial charge in [0.1, 0.15) is 17.4 Å². The molecule has 3 aromatic rings. The molecule has 0 radical (unpaired) electrons. The molecule has 3 rings (SSSR count). The third-order valence-electron chi connectivity index (χ3n) is 5.08. The quantitative estimate of drug-likeness (QED) is 0.321. The Morgan fingerprint density at radius 2 is 1.85 bits per heavy atom. The predicted molar refractivity (Wildman–Crippen MR) is 126 cm³/mol. The predicted octanol–water partition coefficient (Wildman–Crippen LogP) is 4.83. The fourth-order valence-corrected chi connectivity index (χ4v) is 3.53. The maximum absolute atomic E-state index is 12.7. The maximum atomic E-state index is 12.7. The van der Waals surface area contributed by atoms with Gasteiger partial charge in [0.2, 0.25) is 0 Å². The highest BCUT2D eigenvalue weighted by molar-refractivity contribution is 6.09. The minimum Gasteiger partial charge on any atom is -0.494 e. The summed E-state index contributed by atoms with van der Waals surface area (Å²) in [5, 5.41) is 12.4. The first-order chi connectivity index (χ1) is 15.9. The summed E-state index contributed by atoms with van der Waals surface area (Å²) in [5.74, 6) is -0.263. The van der Waals surface area contributed by atoms with Crippen LogP contribution in [0.2, 0.25) is 0 Å². The van der Waals surface area contributed by atoms with Gasteiger partial charge in [-0.15, -0.1) is 0 Å². The van der Waals surface area contributed by atoms with E-state index in [9.17, 15) is 14.9 Å². The zero-order valence-electron chi connectivity index (χ0n) is 19.0. The third-order valence-corrected chi connectivity index (χ3v) is 5.08. The monoisotopic (exact) mass is 443 g/mol. The molecule has 1 N–H and O–H groups in total. The van der Waals surface area contributed by atoms with Gasteiger partial charge < -0.3 is 19.4 Å². The number of nitriles is 1. The molecule has 0 bridgehead atoms. The number of rotatable bonds is 7. The van der Waals surface area contributed by atoms with Gasteiger partial charge in [-0.2, -0.15) is 5.26 Å². The smallest absolute Gasteiger partial charge is 0.337 e. The summed E-state index contributed by atoms with van der Waals surface area (Å²) in [5.41, 5.74) is 4.37. The zero-order valence-corrected chi connectivity index (χ0v) is 19.0. The van der Waals surface area contributed by atoms with Crippen LogP contribution in [0.25, 0.3) is 11.8 Å². The highest BCUT2D eigenvalue weighted by Gasteiger charge is 2.15. The van der Waals surface area contributed by atoms with E-state index in [0.717, 1.165) is 22.6 Å². The second-order valence-corrected chi connectivity index (χ2v) is 7.29. The molecule has 0 spiro atoms. The number of amides is 1. The second kappa shape index (κ2) is 10.3. The topological polar surface area (TPSA) is 93.4 Å². The Morgan fingerprint density at radius 1 is 1.12 bits per heavy atom. The number of aromatic nitrogens is 1. The van der Waals surface area contributed by atoms with Crippen molar-refractivity contribution in [3.63, 3.8) is 0 Å². The molecule has 0 saturated heterocycles. The number of anilines is 1. The summed E-state index contributed by atoms with van der Waals surface area (Å²) in [4.78, 5) is 24.4. The van der Waals surface area contributed by atoms with Crippen LogP contribution in [0.4, 0.5) is 5.69 Å². The second-order valence-electron chi connectivity index (χ2n) is 7.29. The lowest BCUT2D eigenvalue weighted by Gasteiger charge is -2.10. The molecule has 2 aromatic carbocycles. The Kier molecular flexibility index (Phi) is 7.31. The average Bonchev–Trinajstić information content (AvgIpc) is 3.10. The number of esters is 1. The first-order valence-corrected chi connectivity index (χ1v) is 10.4. The van der Waals surface area contributed by atoms with E-state index in [1.807, 2.05) is 49.6 Å². The summed E-state index contributed by atoms with van der Waals surface area (Å²) in [6.07, 6.45) is 1.57. The van der Waals surface area contributed by atoms with Gasteiger partial charge in [0.05, 0.1) is 19.3 Å². The van der Waals surface area contributed by atoms with Crippen LogP contribution in [0, 0.1) is 25.2 Å². The number of methoxy groups -OCH3 is 1. The fourth-order valence-electron chi connectivity index (χ4n) is 3.53. The van der Waals surface area contributed by atoms with Gasteiger partial charge >= 0.3 is 5.97 Å². The minimum atomic E-state index is -0.501. The molecule has 0 atom stereocenters. The van der Waals surface area contributed by atoms with Gasteiger partial charge in [-0.25, -0.2) is 4.79 Å². The van der Waals surface area contributed by atoms with Gasteiger partial charge in [0.25, 0.3) is 5.91 Å². The molecule has 1 amide bonds. The molecule has 0 aliphatic carbocycles. The van der Waals surface area contributed by atoms with Gasteiger partial charge in [-0.05, 0) is 74.9 Å². The number of benzene rings is 2. The summed E-state index contributed by atoms with van der Waals surface area (Å²) in [6, 6.07) is 17.9. The highest BCUT2D eigenvalue weighted by Crippen LogP contribution is 2.24. The molecular formula is C26H25N3O4. The first kappa shape index (κ1) is 23.4. The van der Waals surface area contributed by atoms with Gasteiger partial charge in [0.15, 0.2) is 0 Å². The van der Waals surface area contributed by atoms with Crippen molar-refractivity contribution in [1.29, 1.82) is 5.26 Å². The van der Waals surface area contributed by atoms with E-state index < -0.39 is 11.9 Å². The van der Waals surface area contributed by atoms with E-state index in [2.05, 4.69) is 5.32 Å². The molecule has 0 fully saturated rings. The van der Waals surface area contributed by atoms with Crippen LogP contribution >= 0.6 is 0 Å². The molecule has 0 aliphatic heterocycles. The van der Waals surface area contributed by atoms with Crippen molar-refractivity contribution in [2.24, 2.45) is 0 Å². The molecule has 7 heteroatoms. The lowest BCUT2D eigenvalue weighted by atomic mass is 10.1. The van der Waals surface area contributed by atoms with Crippen LogP contribution in [0.5, 0.6) is 5.75 Å². The summed E-state index contributed by atoms with van der Waals surface area (Å²) < 4.78 is 12.2. The Bertz CT molecular complexity index is 1250. The molecule has 0 saturated carbocycles. The Labute approximate surface area is 192 Å². The van der Waals surface area contributed by atoms with Crippen molar-refractivity contribution in [1.82, 2.24) is 4.57 Å². The molecule has 1 aromatic heterocycles. The van der Waals surface area contributed by atoms with Crippen LogP contribution in [0.1, 0.15) is 34.2 Å². The van der Waals surface area contributed by atoms with Gasteiger partial charge in [0, 0.05) is 28.8 Å². The number of carbonyl (C=O) groups is 2. The summed E-state index contributed by atoms with van der Waals surface area (Å²) in [7, 11) is 1.34. The summed E-state index contributed by atoms with van der Waals surface area (Å²) in [6.45, 7) is 6.24. The highest BCUT2D eigenvalue weighted by atomic mass is 16.5. The molecule has 33 heavy (non-hydrogen) atoms. The Hall–Kier alpha value is -4.31. The number of hydrogen-bond acceptors (Lipinski definition) is 5. The number of carbonyl (C=O) groups excluding carboxylic acids is 2. The third kappa shape index (κ3) is 5.31. The van der Waals surface area contributed by atoms with Crippen molar-refractivity contribution >= 4 is 23.6 Å². The van der Waals surface area contributed by atoms with E-state index in [-0.39, 0.29) is 5.57 Å². The SMILES string of the molecule is CCOc1cccc(NC(=O)/C(C#N)=C\c2cc(C)n(-c3ccc(C(=O)OC)cc3)c2C)c1. The van der Waals surface area contributed by atoms with Crippen LogP contribution in [-0.2, 0) is 9.53 Å². The number of nitrogens with zero attached hydrogens (tertiary/aromatic N) is 2. The van der Waals surface area contributed by atoms with Crippen LogP contribution in [-0.4, -0.2) is 30.2 Å². The number of nitrogens with one attached hydrogen (secondary N) is 1. The largest absolute Gasteiger partial charge is 0.494 e. The molecular weight excluding hydrogens is 418 g/mol. The lowest BCUT2D eigenvalue weighted by Crippen LogP contribution is -2.13. The first-order valence-electron chi connectivity index (χ1n) is 10.4. The lowest BCUT2D eigenvalue weighted by molar-refractivity contribution is -0.112.